The number of amides is 1. The van der Waals surface area contributed by atoms with Gasteiger partial charge in [0.15, 0.2) is 19.0 Å². The van der Waals surface area contributed by atoms with E-state index < -0.39 is 0 Å². The summed E-state index contributed by atoms with van der Waals surface area (Å²) >= 11 is 0. The number of carbonyl (C=O) groups is 1. The maximum atomic E-state index is 12.2. The van der Waals surface area contributed by atoms with Crippen LogP contribution >= 0.6 is 0 Å². The molecule has 2 aromatic rings. The van der Waals surface area contributed by atoms with E-state index in [1.165, 1.54) is 10.5 Å². The summed E-state index contributed by atoms with van der Waals surface area (Å²) in [6.45, 7) is 4.66. The van der Waals surface area contributed by atoms with Gasteiger partial charge in [-0.2, -0.15) is 0 Å². The Balaban J connectivity index is 1.42. The molecule has 1 saturated heterocycles. The number of nitrogens with zero attached hydrogens (tertiary/aromatic N) is 1. The molecule has 0 atom stereocenters. The van der Waals surface area contributed by atoms with Crippen LogP contribution in [0.1, 0.15) is 5.56 Å². The summed E-state index contributed by atoms with van der Waals surface area (Å²) < 4.78 is 5.54. The third-order valence-corrected chi connectivity index (χ3v) is 4.15. The van der Waals surface area contributed by atoms with Crippen molar-refractivity contribution in [3.63, 3.8) is 0 Å². The van der Waals surface area contributed by atoms with Crippen molar-refractivity contribution < 1.29 is 19.4 Å². The third-order valence-electron chi connectivity index (χ3n) is 4.15. The lowest BCUT2D eigenvalue weighted by Crippen LogP contribution is -3.13. The van der Waals surface area contributed by atoms with Crippen LogP contribution in [0.15, 0.2) is 54.9 Å². The highest BCUT2D eigenvalue weighted by Crippen LogP contribution is 2.08. The quantitative estimate of drug-likeness (QED) is 0.832. The van der Waals surface area contributed by atoms with Crippen molar-refractivity contribution in [2.75, 3.05) is 32.8 Å². The molecule has 5 nitrogen and oxygen atoms in total. The van der Waals surface area contributed by atoms with Crippen LogP contribution in [-0.2, 0) is 11.3 Å². The molecular weight excluding hydrogens is 290 g/mol. The van der Waals surface area contributed by atoms with Crippen molar-refractivity contribution in [1.82, 2.24) is 4.90 Å². The summed E-state index contributed by atoms with van der Waals surface area (Å²) in [6, 6.07) is 13.6. The summed E-state index contributed by atoms with van der Waals surface area (Å²) in [7, 11) is 0. The van der Waals surface area contributed by atoms with Crippen LogP contribution in [0, 0.1) is 0 Å². The number of rotatable bonds is 5. The van der Waals surface area contributed by atoms with Crippen molar-refractivity contribution in [2.45, 2.75) is 6.54 Å². The Morgan fingerprint density at radius 3 is 2.61 bits per heavy atom. The zero-order valence-electron chi connectivity index (χ0n) is 13.2. The maximum absolute atomic E-state index is 12.2. The Hall–Kier alpha value is -2.40. The molecule has 5 heteroatoms. The number of ether oxygens (including phenoxy) is 1. The number of aromatic amines is 1. The molecule has 1 aliphatic heterocycles. The number of nitrogens with one attached hydrogen (secondary N) is 2. The summed E-state index contributed by atoms with van der Waals surface area (Å²) in [6.07, 6.45) is 3.96. The molecule has 0 aliphatic carbocycles. The van der Waals surface area contributed by atoms with Crippen LogP contribution in [0.4, 0.5) is 0 Å². The van der Waals surface area contributed by atoms with Gasteiger partial charge >= 0.3 is 0 Å². The number of carbonyl (C=O) groups excluding carboxylic acids is 1. The van der Waals surface area contributed by atoms with Gasteiger partial charge in [0.1, 0.15) is 12.3 Å². The SMILES string of the molecule is O=C(COc1ccccc1)N1CC[NH+](Cc2ccc[nH+]c2)CC1. The lowest BCUT2D eigenvalue weighted by Gasteiger charge is -2.32. The van der Waals surface area contributed by atoms with Gasteiger partial charge in [0.25, 0.3) is 5.91 Å². The minimum atomic E-state index is 0.0703. The fourth-order valence-electron chi connectivity index (χ4n) is 2.83. The highest BCUT2D eigenvalue weighted by Gasteiger charge is 2.24. The molecule has 1 aliphatic rings. The molecule has 23 heavy (non-hydrogen) atoms. The van der Waals surface area contributed by atoms with Gasteiger partial charge in [-0.05, 0) is 18.2 Å². The van der Waals surface area contributed by atoms with Crippen LogP contribution in [0.25, 0.3) is 0 Å². The second-order valence-corrected chi connectivity index (χ2v) is 5.82. The molecule has 0 radical (unpaired) electrons. The second-order valence-electron chi connectivity index (χ2n) is 5.82. The molecule has 0 unspecified atom stereocenters. The van der Waals surface area contributed by atoms with Crippen LogP contribution in [0.3, 0.4) is 0 Å². The molecule has 3 rings (SSSR count). The molecule has 0 spiro atoms. The van der Waals surface area contributed by atoms with E-state index in [1.54, 1.807) is 0 Å². The molecule has 1 fully saturated rings. The van der Waals surface area contributed by atoms with E-state index in [1.807, 2.05) is 53.7 Å². The monoisotopic (exact) mass is 313 g/mol. The molecule has 2 heterocycles. The van der Waals surface area contributed by atoms with Crippen molar-refractivity contribution in [2.24, 2.45) is 0 Å². The molecule has 1 aromatic carbocycles. The van der Waals surface area contributed by atoms with Crippen LogP contribution in [0.2, 0.25) is 0 Å². The predicted molar refractivity (Wildman–Crippen MR) is 85.9 cm³/mol. The van der Waals surface area contributed by atoms with Gasteiger partial charge in [-0.25, -0.2) is 4.98 Å². The average molecular weight is 313 g/mol. The van der Waals surface area contributed by atoms with Crippen molar-refractivity contribution in [3.05, 3.63) is 60.4 Å². The molecule has 1 aromatic heterocycles. The van der Waals surface area contributed by atoms with Gasteiger partial charge in [-0.3, -0.25) is 4.79 Å². The van der Waals surface area contributed by atoms with E-state index in [2.05, 4.69) is 11.1 Å². The maximum Gasteiger partial charge on any atom is 0.260 e. The summed E-state index contributed by atoms with van der Waals surface area (Å²) in [5.41, 5.74) is 1.30. The Bertz CT molecular complexity index is 611. The van der Waals surface area contributed by atoms with Gasteiger partial charge in [0, 0.05) is 6.07 Å². The molecule has 0 saturated carbocycles. The topological polar surface area (TPSA) is 48.1 Å². The van der Waals surface area contributed by atoms with E-state index in [0.717, 1.165) is 38.5 Å². The van der Waals surface area contributed by atoms with Crippen molar-refractivity contribution >= 4 is 5.91 Å². The lowest BCUT2D eigenvalue weighted by atomic mass is 10.2. The Morgan fingerprint density at radius 1 is 1.13 bits per heavy atom. The minimum absolute atomic E-state index is 0.0703. The number of para-hydroxylation sites is 1. The zero-order chi connectivity index (χ0) is 15.9. The first-order chi connectivity index (χ1) is 11.3. The molecule has 2 N–H and O–H groups in total. The molecule has 0 bridgehead atoms. The number of pyridine rings is 1. The number of hydrogen-bond acceptors (Lipinski definition) is 2. The summed E-state index contributed by atoms with van der Waals surface area (Å²) in [5, 5.41) is 0. The predicted octanol–water partition coefficient (Wildman–Crippen LogP) is -0.193. The second kappa shape index (κ2) is 7.74. The highest BCUT2D eigenvalue weighted by molar-refractivity contribution is 5.77. The highest BCUT2D eigenvalue weighted by atomic mass is 16.5. The van der Waals surface area contributed by atoms with Crippen LogP contribution in [-0.4, -0.2) is 43.6 Å². The molecular formula is C18H23N3O2+2. The van der Waals surface area contributed by atoms with E-state index in [9.17, 15) is 4.79 Å². The molecule has 120 valence electrons. The summed E-state index contributed by atoms with van der Waals surface area (Å²) in [5.74, 6) is 0.811. The normalized spacial score (nSPS) is 15.4. The van der Waals surface area contributed by atoms with Gasteiger partial charge in [0.05, 0.1) is 31.7 Å². The van der Waals surface area contributed by atoms with Crippen LogP contribution in [0.5, 0.6) is 5.75 Å². The standard InChI is InChI=1S/C18H21N3O2/c22-18(15-23-17-6-2-1-3-7-17)21-11-9-20(10-12-21)14-16-5-4-8-19-13-16/h1-8,13H,9-12,14-15H2/p+2. The third kappa shape index (κ3) is 4.53. The number of quaternary nitrogens is 1. The Morgan fingerprint density at radius 2 is 1.91 bits per heavy atom. The van der Waals surface area contributed by atoms with Crippen molar-refractivity contribution in [3.8, 4) is 5.75 Å². The first kappa shape index (κ1) is 15.5. The average Bonchev–Trinajstić information content (AvgIpc) is 2.62. The molecule has 1 amide bonds. The Labute approximate surface area is 136 Å². The van der Waals surface area contributed by atoms with Gasteiger partial charge in [-0.1, -0.05) is 18.2 Å². The zero-order valence-corrected chi connectivity index (χ0v) is 13.2. The van der Waals surface area contributed by atoms with Gasteiger partial charge in [0.2, 0.25) is 0 Å². The van der Waals surface area contributed by atoms with E-state index in [4.69, 9.17) is 4.74 Å². The number of benzene rings is 1. The van der Waals surface area contributed by atoms with Crippen LogP contribution < -0.4 is 14.6 Å². The van der Waals surface area contributed by atoms with E-state index in [-0.39, 0.29) is 12.5 Å². The van der Waals surface area contributed by atoms with E-state index in [0.29, 0.717) is 0 Å². The smallest absolute Gasteiger partial charge is 0.260 e. The first-order valence-electron chi connectivity index (χ1n) is 8.05. The van der Waals surface area contributed by atoms with Gasteiger partial charge < -0.3 is 14.5 Å². The minimum Gasteiger partial charge on any atom is -0.484 e. The largest absolute Gasteiger partial charge is 0.484 e. The lowest BCUT2D eigenvalue weighted by molar-refractivity contribution is -0.917. The fraction of sp³-hybridized carbons (Fsp3) is 0.333. The summed E-state index contributed by atoms with van der Waals surface area (Å²) in [4.78, 5) is 18.8. The fourth-order valence-corrected chi connectivity index (χ4v) is 2.83. The van der Waals surface area contributed by atoms with Gasteiger partial charge in [-0.15, -0.1) is 0 Å². The number of piperazine rings is 1. The Kier molecular flexibility index (Phi) is 5.21. The number of aromatic nitrogens is 1. The first-order valence-corrected chi connectivity index (χ1v) is 8.05. The number of hydrogen-bond donors (Lipinski definition) is 1. The van der Waals surface area contributed by atoms with Crippen molar-refractivity contribution in [1.29, 1.82) is 0 Å². The number of H-pyrrole nitrogens is 1. The van der Waals surface area contributed by atoms with E-state index >= 15 is 0 Å².